The molecule has 0 fully saturated rings. The highest BCUT2D eigenvalue weighted by Gasteiger charge is 2.23. The van der Waals surface area contributed by atoms with Crippen molar-refractivity contribution < 1.29 is 9.66 Å². The molecule has 0 aliphatic heterocycles. The summed E-state index contributed by atoms with van der Waals surface area (Å²) in [7, 11) is 0. The van der Waals surface area contributed by atoms with Gasteiger partial charge in [-0.05, 0) is 26.0 Å². The van der Waals surface area contributed by atoms with E-state index in [4.69, 9.17) is 16.3 Å². The number of hydrogen-bond donors (Lipinski definition) is 1. The van der Waals surface area contributed by atoms with E-state index in [0.29, 0.717) is 30.1 Å². The summed E-state index contributed by atoms with van der Waals surface area (Å²) >= 11 is 5.89. The zero-order valence-electron chi connectivity index (χ0n) is 12.3. The van der Waals surface area contributed by atoms with Crippen LogP contribution in [0.25, 0.3) is 0 Å². The quantitative estimate of drug-likeness (QED) is 0.379. The van der Waals surface area contributed by atoms with E-state index in [9.17, 15) is 10.1 Å². The van der Waals surface area contributed by atoms with Crippen LogP contribution in [0.4, 0.5) is 11.4 Å². The van der Waals surface area contributed by atoms with Gasteiger partial charge in [-0.15, -0.1) is 0 Å². The fraction of sp³-hybridized carbons (Fsp3) is 0.267. The second-order valence-corrected chi connectivity index (χ2v) is 5.04. The molecule has 2 aromatic rings. The summed E-state index contributed by atoms with van der Waals surface area (Å²) in [5, 5.41) is 14.1. The largest absolute Gasteiger partial charge is 0.492 e. The highest BCUT2D eigenvalue weighted by Crippen LogP contribution is 2.35. The molecule has 0 aliphatic rings. The molecule has 116 valence electrons. The van der Waals surface area contributed by atoms with E-state index in [2.05, 4.69) is 10.3 Å². The number of nitro groups is 1. The molecule has 0 amide bonds. The Morgan fingerprint density at radius 2 is 2.00 bits per heavy atom. The minimum atomic E-state index is -0.526. The van der Waals surface area contributed by atoms with Crippen molar-refractivity contribution in [1.29, 1.82) is 0 Å². The zero-order chi connectivity index (χ0) is 16.1. The first kappa shape index (κ1) is 16.0. The molecule has 6 nitrogen and oxygen atoms in total. The summed E-state index contributed by atoms with van der Waals surface area (Å²) in [6, 6.07) is 9.36. The van der Waals surface area contributed by atoms with Gasteiger partial charge in [-0.25, -0.2) is 4.98 Å². The highest BCUT2D eigenvalue weighted by molar-refractivity contribution is 6.32. The maximum Gasteiger partial charge on any atom is 0.329 e. The van der Waals surface area contributed by atoms with Crippen LogP contribution < -0.4 is 10.1 Å². The van der Waals surface area contributed by atoms with Crippen LogP contribution in [0, 0.1) is 24.0 Å². The van der Waals surface area contributed by atoms with Crippen LogP contribution >= 0.6 is 11.6 Å². The molecule has 0 saturated heterocycles. The Labute approximate surface area is 133 Å². The van der Waals surface area contributed by atoms with Crippen molar-refractivity contribution in [2.45, 2.75) is 13.8 Å². The van der Waals surface area contributed by atoms with Gasteiger partial charge in [-0.2, -0.15) is 0 Å². The van der Waals surface area contributed by atoms with Crippen molar-refractivity contribution in [2.24, 2.45) is 0 Å². The molecule has 0 spiro atoms. The van der Waals surface area contributed by atoms with Gasteiger partial charge in [-0.3, -0.25) is 10.1 Å². The van der Waals surface area contributed by atoms with Crippen LogP contribution in [0.15, 0.2) is 30.3 Å². The number of anilines is 1. The van der Waals surface area contributed by atoms with Gasteiger partial charge in [0.15, 0.2) is 0 Å². The molecular weight excluding hydrogens is 306 g/mol. The SMILES string of the molecule is Cc1nc(Cl)c([N+](=O)[O-])c(NCCOc2ccccc2)c1C. The molecule has 1 N–H and O–H groups in total. The normalized spacial score (nSPS) is 10.3. The molecule has 2 rings (SSSR count). The number of pyridine rings is 1. The van der Waals surface area contributed by atoms with Gasteiger partial charge in [0.05, 0.1) is 4.92 Å². The second kappa shape index (κ2) is 7.09. The lowest BCUT2D eigenvalue weighted by Gasteiger charge is -2.13. The number of ether oxygens (including phenoxy) is 1. The number of aryl methyl sites for hydroxylation is 1. The van der Waals surface area contributed by atoms with Gasteiger partial charge in [0, 0.05) is 17.8 Å². The molecular formula is C15H16ClN3O3. The number of nitrogens with zero attached hydrogens (tertiary/aromatic N) is 2. The Balaban J connectivity index is 2.07. The molecule has 0 unspecified atom stereocenters. The Morgan fingerprint density at radius 3 is 2.64 bits per heavy atom. The molecule has 1 heterocycles. The second-order valence-electron chi connectivity index (χ2n) is 4.68. The van der Waals surface area contributed by atoms with E-state index in [-0.39, 0.29) is 10.8 Å². The van der Waals surface area contributed by atoms with Crippen LogP contribution in [0.5, 0.6) is 5.75 Å². The molecule has 22 heavy (non-hydrogen) atoms. The molecule has 0 radical (unpaired) electrons. The lowest BCUT2D eigenvalue weighted by atomic mass is 10.1. The van der Waals surface area contributed by atoms with Crippen molar-refractivity contribution in [3.05, 3.63) is 56.9 Å². The van der Waals surface area contributed by atoms with E-state index >= 15 is 0 Å². The number of hydrogen-bond acceptors (Lipinski definition) is 5. The molecule has 0 bridgehead atoms. The van der Waals surface area contributed by atoms with Crippen molar-refractivity contribution in [3.63, 3.8) is 0 Å². The first-order valence-corrected chi connectivity index (χ1v) is 7.11. The Kier molecular flexibility index (Phi) is 5.16. The van der Waals surface area contributed by atoms with Gasteiger partial charge in [0.25, 0.3) is 0 Å². The van der Waals surface area contributed by atoms with Gasteiger partial charge >= 0.3 is 5.69 Å². The van der Waals surface area contributed by atoms with Gasteiger partial charge < -0.3 is 10.1 Å². The summed E-state index contributed by atoms with van der Waals surface area (Å²) < 4.78 is 5.55. The number of rotatable bonds is 6. The third kappa shape index (κ3) is 3.65. The van der Waals surface area contributed by atoms with Crippen LogP contribution in [-0.2, 0) is 0 Å². The van der Waals surface area contributed by atoms with Crippen molar-refractivity contribution in [3.8, 4) is 5.75 Å². The maximum absolute atomic E-state index is 11.2. The number of halogens is 1. The van der Waals surface area contributed by atoms with Crippen LogP contribution in [0.3, 0.4) is 0 Å². The number of aromatic nitrogens is 1. The van der Waals surface area contributed by atoms with Crippen LogP contribution in [0.1, 0.15) is 11.3 Å². The summed E-state index contributed by atoms with van der Waals surface area (Å²) in [6.07, 6.45) is 0. The monoisotopic (exact) mass is 321 g/mol. The minimum absolute atomic E-state index is 0.112. The number of benzene rings is 1. The third-order valence-electron chi connectivity index (χ3n) is 3.21. The minimum Gasteiger partial charge on any atom is -0.492 e. The summed E-state index contributed by atoms with van der Waals surface area (Å²) in [6.45, 7) is 4.32. The molecule has 0 atom stereocenters. The fourth-order valence-electron chi connectivity index (χ4n) is 1.99. The van der Waals surface area contributed by atoms with E-state index in [1.54, 1.807) is 13.8 Å². The van der Waals surface area contributed by atoms with Crippen molar-refractivity contribution in [1.82, 2.24) is 4.98 Å². The number of para-hydroxylation sites is 1. The average Bonchev–Trinajstić information content (AvgIpc) is 2.48. The van der Waals surface area contributed by atoms with Crippen molar-refractivity contribution in [2.75, 3.05) is 18.5 Å². The first-order valence-electron chi connectivity index (χ1n) is 6.73. The fourth-order valence-corrected chi connectivity index (χ4v) is 2.28. The van der Waals surface area contributed by atoms with Gasteiger partial charge in [0.2, 0.25) is 5.15 Å². The Morgan fingerprint density at radius 1 is 1.32 bits per heavy atom. The highest BCUT2D eigenvalue weighted by atomic mass is 35.5. The average molecular weight is 322 g/mol. The van der Waals surface area contributed by atoms with E-state index in [0.717, 1.165) is 5.75 Å². The maximum atomic E-state index is 11.2. The Hall–Kier alpha value is -2.34. The lowest BCUT2D eigenvalue weighted by molar-refractivity contribution is -0.384. The number of nitrogens with one attached hydrogen (secondary N) is 1. The summed E-state index contributed by atoms with van der Waals surface area (Å²) in [4.78, 5) is 14.6. The van der Waals surface area contributed by atoms with Crippen molar-refractivity contribution >= 4 is 23.0 Å². The topological polar surface area (TPSA) is 77.3 Å². The van der Waals surface area contributed by atoms with E-state index in [1.807, 2.05) is 30.3 Å². The predicted octanol–water partition coefficient (Wildman–Crippen LogP) is 3.75. The zero-order valence-corrected chi connectivity index (χ0v) is 13.1. The van der Waals surface area contributed by atoms with Gasteiger partial charge in [-0.1, -0.05) is 29.8 Å². The molecule has 0 saturated carbocycles. The molecule has 7 heteroatoms. The van der Waals surface area contributed by atoms with E-state index < -0.39 is 4.92 Å². The molecule has 1 aromatic heterocycles. The molecule has 1 aromatic carbocycles. The van der Waals surface area contributed by atoms with Crippen LogP contribution in [0.2, 0.25) is 5.15 Å². The lowest BCUT2D eigenvalue weighted by Crippen LogP contribution is -2.14. The van der Waals surface area contributed by atoms with Crippen LogP contribution in [-0.4, -0.2) is 23.1 Å². The molecule has 0 aliphatic carbocycles. The Bertz CT molecular complexity index is 677. The summed E-state index contributed by atoms with van der Waals surface area (Å²) in [5.41, 5.74) is 1.54. The smallest absolute Gasteiger partial charge is 0.329 e. The predicted molar refractivity (Wildman–Crippen MR) is 85.8 cm³/mol. The standard InChI is InChI=1S/C15H16ClN3O3/c1-10-11(2)18-15(16)14(19(20)21)13(10)17-8-9-22-12-6-4-3-5-7-12/h3-7H,8-9H2,1-2H3,(H,17,18). The first-order chi connectivity index (χ1) is 10.5. The van der Waals surface area contributed by atoms with Gasteiger partial charge in [0.1, 0.15) is 18.0 Å². The third-order valence-corrected chi connectivity index (χ3v) is 3.48. The van der Waals surface area contributed by atoms with E-state index in [1.165, 1.54) is 0 Å². The summed E-state index contributed by atoms with van der Waals surface area (Å²) in [5.74, 6) is 0.750.